The molecule has 1 unspecified atom stereocenters. The summed E-state index contributed by atoms with van der Waals surface area (Å²) in [7, 11) is -1.91. The second kappa shape index (κ2) is 5.68. The number of sulfone groups is 1. The predicted molar refractivity (Wildman–Crippen MR) is 61.5 cm³/mol. The molecule has 1 heterocycles. The second-order valence-corrected chi connectivity index (χ2v) is 6.28. The maximum atomic E-state index is 11.6. The summed E-state index contributed by atoms with van der Waals surface area (Å²) in [6, 6.07) is -0.481. The van der Waals surface area contributed by atoms with E-state index in [1.165, 1.54) is 12.0 Å². The molecule has 0 aromatic carbocycles. The third-order valence-electron chi connectivity index (χ3n) is 2.61. The van der Waals surface area contributed by atoms with Gasteiger partial charge in [-0.1, -0.05) is 0 Å². The van der Waals surface area contributed by atoms with Gasteiger partial charge in [-0.2, -0.15) is 0 Å². The highest BCUT2D eigenvalue weighted by atomic mass is 35.5. The number of methoxy groups -OCH3 is 1. The minimum atomic E-state index is -3.11. The molecule has 0 bridgehead atoms. The number of halogens is 1. The standard InChI is InChI=1S/C9H14ClNO5S/c1-16-9(13)5-11(8(12)4-10)7-2-3-17(14,15)6-7/h7H,2-6H2,1H3. The highest BCUT2D eigenvalue weighted by Crippen LogP contribution is 2.18. The Morgan fingerprint density at radius 1 is 1.47 bits per heavy atom. The largest absolute Gasteiger partial charge is 0.468 e. The Balaban J connectivity index is 2.77. The van der Waals surface area contributed by atoms with Gasteiger partial charge >= 0.3 is 5.97 Å². The molecule has 1 rings (SSSR count). The van der Waals surface area contributed by atoms with Gasteiger partial charge in [0.2, 0.25) is 5.91 Å². The van der Waals surface area contributed by atoms with E-state index in [2.05, 4.69) is 4.74 Å². The number of hydrogen-bond donors (Lipinski definition) is 0. The molecule has 0 aromatic rings. The van der Waals surface area contributed by atoms with Gasteiger partial charge in [0, 0.05) is 6.04 Å². The van der Waals surface area contributed by atoms with E-state index < -0.39 is 27.8 Å². The lowest BCUT2D eigenvalue weighted by molar-refractivity contribution is -0.147. The van der Waals surface area contributed by atoms with Gasteiger partial charge in [0.15, 0.2) is 9.84 Å². The molecule has 0 aromatic heterocycles. The molecule has 1 saturated heterocycles. The first kappa shape index (κ1) is 14.2. The normalized spacial score (nSPS) is 22.1. The lowest BCUT2D eigenvalue weighted by Gasteiger charge is -2.26. The number of hydrogen-bond acceptors (Lipinski definition) is 5. The van der Waals surface area contributed by atoms with Crippen LogP contribution in [0.1, 0.15) is 6.42 Å². The highest BCUT2D eigenvalue weighted by Gasteiger charge is 2.35. The van der Waals surface area contributed by atoms with E-state index >= 15 is 0 Å². The number of alkyl halides is 1. The Kier molecular flexibility index (Phi) is 4.76. The lowest BCUT2D eigenvalue weighted by Crippen LogP contribution is -2.45. The van der Waals surface area contributed by atoms with E-state index in [0.29, 0.717) is 6.42 Å². The molecule has 0 aliphatic carbocycles. The Hall–Kier alpha value is -0.820. The zero-order valence-corrected chi connectivity index (χ0v) is 11.0. The van der Waals surface area contributed by atoms with Crippen molar-refractivity contribution in [3.63, 3.8) is 0 Å². The maximum absolute atomic E-state index is 11.6. The molecule has 1 amide bonds. The van der Waals surface area contributed by atoms with Crippen LogP contribution in [-0.4, -0.2) is 62.3 Å². The van der Waals surface area contributed by atoms with Gasteiger partial charge < -0.3 is 9.64 Å². The number of rotatable bonds is 4. The first-order valence-corrected chi connectivity index (χ1v) is 7.38. The molecule has 1 aliphatic rings. The summed E-state index contributed by atoms with van der Waals surface area (Å²) in [6.07, 6.45) is 0.335. The molecule has 1 aliphatic heterocycles. The van der Waals surface area contributed by atoms with E-state index in [9.17, 15) is 18.0 Å². The van der Waals surface area contributed by atoms with Crippen molar-refractivity contribution in [3.05, 3.63) is 0 Å². The van der Waals surface area contributed by atoms with Gasteiger partial charge in [-0.15, -0.1) is 11.6 Å². The fourth-order valence-corrected chi connectivity index (χ4v) is 3.61. The van der Waals surface area contributed by atoms with Crippen LogP contribution in [0.3, 0.4) is 0 Å². The minimum absolute atomic E-state index is 0.0326. The lowest BCUT2D eigenvalue weighted by atomic mass is 10.2. The van der Waals surface area contributed by atoms with Crippen LogP contribution in [0, 0.1) is 0 Å². The fourth-order valence-electron chi connectivity index (χ4n) is 1.72. The van der Waals surface area contributed by atoms with E-state index in [0.717, 1.165) is 0 Å². The van der Waals surface area contributed by atoms with E-state index in [-0.39, 0.29) is 23.9 Å². The Morgan fingerprint density at radius 2 is 2.12 bits per heavy atom. The van der Waals surface area contributed by atoms with E-state index in [1.807, 2.05) is 0 Å². The van der Waals surface area contributed by atoms with Crippen molar-refractivity contribution < 1.29 is 22.7 Å². The molecule has 6 nitrogen and oxygen atoms in total. The summed E-state index contributed by atoms with van der Waals surface area (Å²) in [5.41, 5.74) is 0. The first-order valence-electron chi connectivity index (χ1n) is 5.02. The fraction of sp³-hybridized carbons (Fsp3) is 0.778. The third kappa shape index (κ3) is 3.85. The van der Waals surface area contributed by atoms with E-state index in [1.54, 1.807) is 0 Å². The first-order chi connectivity index (χ1) is 7.89. The van der Waals surface area contributed by atoms with Crippen LogP contribution in [0.2, 0.25) is 0 Å². The molecular weight excluding hydrogens is 270 g/mol. The zero-order chi connectivity index (χ0) is 13.1. The number of carbonyl (C=O) groups is 2. The number of ether oxygens (including phenoxy) is 1. The number of esters is 1. The number of nitrogens with zero attached hydrogens (tertiary/aromatic N) is 1. The molecule has 1 atom stereocenters. The SMILES string of the molecule is COC(=O)CN(C(=O)CCl)C1CCS(=O)(=O)C1. The van der Waals surface area contributed by atoms with Gasteiger partial charge in [0.1, 0.15) is 12.4 Å². The third-order valence-corrected chi connectivity index (χ3v) is 4.59. The second-order valence-electron chi connectivity index (χ2n) is 3.79. The summed E-state index contributed by atoms with van der Waals surface area (Å²) < 4.78 is 27.1. The van der Waals surface area contributed by atoms with Crippen molar-refractivity contribution >= 4 is 33.3 Å². The summed E-state index contributed by atoms with van der Waals surface area (Å²) >= 11 is 5.43. The molecule has 0 spiro atoms. The van der Waals surface area contributed by atoms with Crippen LogP contribution in [0.4, 0.5) is 0 Å². The summed E-state index contributed by atoms with van der Waals surface area (Å²) in [6.45, 7) is -0.262. The van der Waals surface area contributed by atoms with Crippen LogP contribution in [0.25, 0.3) is 0 Å². The average Bonchev–Trinajstić information content (AvgIpc) is 2.64. The van der Waals surface area contributed by atoms with Gasteiger partial charge in [-0.05, 0) is 6.42 Å². The van der Waals surface area contributed by atoms with Crippen molar-refractivity contribution in [2.75, 3.05) is 31.0 Å². The summed E-state index contributed by atoms with van der Waals surface area (Å²) in [5, 5.41) is 0. The van der Waals surface area contributed by atoms with E-state index in [4.69, 9.17) is 11.6 Å². The maximum Gasteiger partial charge on any atom is 0.325 e. The molecule has 0 N–H and O–H groups in total. The van der Waals surface area contributed by atoms with Crippen LogP contribution in [0.5, 0.6) is 0 Å². The Bertz CT molecular complexity index is 408. The van der Waals surface area contributed by atoms with Gasteiger partial charge in [0.25, 0.3) is 0 Å². The summed E-state index contributed by atoms with van der Waals surface area (Å²) in [5.74, 6) is -1.42. The highest BCUT2D eigenvalue weighted by molar-refractivity contribution is 7.91. The van der Waals surface area contributed by atoms with Gasteiger partial charge in [-0.3, -0.25) is 9.59 Å². The monoisotopic (exact) mass is 283 g/mol. The van der Waals surface area contributed by atoms with Crippen molar-refractivity contribution in [1.29, 1.82) is 0 Å². The smallest absolute Gasteiger partial charge is 0.325 e. The average molecular weight is 284 g/mol. The van der Waals surface area contributed by atoms with Crippen LogP contribution < -0.4 is 0 Å². The number of carbonyl (C=O) groups excluding carboxylic acids is 2. The minimum Gasteiger partial charge on any atom is -0.468 e. The quantitative estimate of drug-likeness (QED) is 0.509. The van der Waals surface area contributed by atoms with Crippen LogP contribution in [-0.2, 0) is 24.2 Å². The molecule has 98 valence electrons. The van der Waals surface area contributed by atoms with Crippen molar-refractivity contribution in [3.8, 4) is 0 Å². The number of amides is 1. The Morgan fingerprint density at radius 3 is 2.53 bits per heavy atom. The summed E-state index contributed by atoms with van der Waals surface area (Å²) in [4.78, 5) is 23.9. The van der Waals surface area contributed by atoms with Crippen molar-refractivity contribution in [1.82, 2.24) is 4.90 Å². The molecule has 1 fully saturated rings. The van der Waals surface area contributed by atoms with Crippen molar-refractivity contribution in [2.24, 2.45) is 0 Å². The van der Waals surface area contributed by atoms with Gasteiger partial charge in [-0.25, -0.2) is 8.42 Å². The zero-order valence-electron chi connectivity index (χ0n) is 9.39. The molecule has 0 saturated carbocycles. The molecule has 8 heteroatoms. The van der Waals surface area contributed by atoms with Crippen molar-refractivity contribution in [2.45, 2.75) is 12.5 Å². The van der Waals surface area contributed by atoms with Gasteiger partial charge in [0.05, 0.1) is 18.6 Å². The Labute approximate surface area is 105 Å². The molecule has 17 heavy (non-hydrogen) atoms. The molecule has 0 radical (unpaired) electrons. The molecular formula is C9H14ClNO5S. The van der Waals surface area contributed by atoms with Crippen LogP contribution in [0.15, 0.2) is 0 Å². The van der Waals surface area contributed by atoms with Crippen LogP contribution >= 0.6 is 11.6 Å². The predicted octanol–water partition coefficient (Wildman–Crippen LogP) is -0.586. The topological polar surface area (TPSA) is 80.8 Å².